The summed E-state index contributed by atoms with van der Waals surface area (Å²) in [6.07, 6.45) is 4.15. The van der Waals surface area contributed by atoms with Crippen molar-refractivity contribution < 1.29 is 14.3 Å². The zero-order valence-electron chi connectivity index (χ0n) is 15.9. The number of pyridine rings is 1. The molecule has 2 aromatic rings. The molecule has 6 nitrogen and oxygen atoms in total. The van der Waals surface area contributed by atoms with Gasteiger partial charge in [0.25, 0.3) is 5.91 Å². The summed E-state index contributed by atoms with van der Waals surface area (Å²) in [5, 5.41) is 2.83. The van der Waals surface area contributed by atoms with E-state index >= 15 is 0 Å². The van der Waals surface area contributed by atoms with Crippen molar-refractivity contribution in [3.8, 4) is 5.75 Å². The number of benzene rings is 1. The number of rotatable bonds is 6. The van der Waals surface area contributed by atoms with Crippen molar-refractivity contribution in [2.45, 2.75) is 26.2 Å². The van der Waals surface area contributed by atoms with Crippen molar-refractivity contribution in [1.82, 2.24) is 9.88 Å². The van der Waals surface area contributed by atoms with Crippen LogP contribution >= 0.6 is 15.9 Å². The zero-order valence-corrected chi connectivity index (χ0v) is 17.4. The Hall–Kier alpha value is -2.41. The topological polar surface area (TPSA) is 71.5 Å². The molecule has 1 aromatic carbocycles. The van der Waals surface area contributed by atoms with Crippen molar-refractivity contribution in [1.29, 1.82) is 0 Å². The van der Waals surface area contributed by atoms with Gasteiger partial charge in [0.1, 0.15) is 11.6 Å². The molecule has 1 fully saturated rings. The number of carbonyl (C=O) groups excluding carboxylic acids is 2. The van der Waals surface area contributed by atoms with Crippen LogP contribution in [0.3, 0.4) is 0 Å². The third kappa shape index (κ3) is 5.55. The van der Waals surface area contributed by atoms with Gasteiger partial charge in [-0.1, -0.05) is 19.1 Å². The normalized spacial score (nSPS) is 16.5. The molecule has 3 rings (SSSR count). The molecule has 148 valence electrons. The number of ether oxygens (including phenoxy) is 1. The van der Waals surface area contributed by atoms with Crippen molar-refractivity contribution >= 4 is 33.6 Å². The highest BCUT2D eigenvalue weighted by Crippen LogP contribution is 2.20. The van der Waals surface area contributed by atoms with Gasteiger partial charge in [-0.25, -0.2) is 4.98 Å². The minimum Gasteiger partial charge on any atom is -0.484 e. The van der Waals surface area contributed by atoms with Gasteiger partial charge in [0.2, 0.25) is 5.91 Å². The molecule has 0 aliphatic carbocycles. The molecule has 1 saturated heterocycles. The number of anilines is 1. The zero-order chi connectivity index (χ0) is 19.9. The Morgan fingerprint density at radius 3 is 2.71 bits per heavy atom. The van der Waals surface area contributed by atoms with E-state index in [0.29, 0.717) is 24.7 Å². The number of piperidine rings is 1. The second-order valence-electron chi connectivity index (χ2n) is 6.82. The molecule has 7 heteroatoms. The van der Waals surface area contributed by atoms with Gasteiger partial charge in [-0.05, 0) is 65.0 Å². The smallest absolute Gasteiger partial charge is 0.260 e. The number of aromatic nitrogens is 1. The third-order valence-corrected chi connectivity index (χ3v) is 5.29. The van der Waals surface area contributed by atoms with Gasteiger partial charge < -0.3 is 15.0 Å². The van der Waals surface area contributed by atoms with Gasteiger partial charge in [-0.2, -0.15) is 0 Å². The number of aryl methyl sites for hydroxylation is 1. The fraction of sp³-hybridized carbons (Fsp3) is 0.381. The number of halogens is 1. The first-order chi connectivity index (χ1) is 13.5. The number of amides is 2. The first-order valence-electron chi connectivity index (χ1n) is 9.47. The molecular weight excluding hydrogens is 422 g/mol. The highest BCUT2D eigenvalue weighted by atomic mass is 79.9. The van der Waals surface area contributed by atoms with Crippen LogP contribution in [-0.2, 0) is 16.0 Å². The fourth-order valence-electron chi connectivity index (χ4n) is 3.15. The van der Waals surface area contributed by atoms with Crippen LogP contribution in [0.15, 0.2) is 47.1 Å². The van der Waals surface area contributed by atoms with E-state index in [1.54, 1.807) is 17.2 Å². The van der Waals surface area contributed by atoms with Crippen molar-refractivity contribution in [3.63, 3.8) is 0 Å². The number of nitrogens with zero attached hydrogens (tertiary/aromatic N) is 2. The summed E-state index contributed by atoms with van der Waals surface area (Å²) < 4.78 is 6.47. The molecule has 0 bridgehead atoms. The van der Waals surface area contributed by atoms with Gasteiger partial charge in [0.05, 0.1) is 5.92 Å². The average molecular weight is 446 g/mol. The highest BCUT2D eigenvalue weighted by Gasteiger charge is 2.28. The number of nitrogens with one attached hydrogen (secondary N) is 1. The minimum atomic E-state index is -0.244. The lowest BCUT2D eigenvalue weighted by Crippen LogP contribution is -2.45. The van der Waals surface area contributed by atoms with Gasteiger partial charge in [-0.3, -0.25) is 9.59 Å². The molecule has 1 N–H and O–H groups in total. The number of hydrogen-bond acceptors (Lipinski definition) is 4. The number of likely N-dealkylation sites (tertiary alicyclic amines) is 1. The number of carbonyl (C=O) groups is 2. The summed E-state index contributed by atoms with van der Waals surface area (Å²) in [4.78, 5) is 30.9. The van der Waals surface area contributed by atoms with E-state index in [2.05, 4.69) is 33.2 Å². The summed E-state index contributed by atoms with van der Waals surface area (Å²) in [7, 11) is 0. The maximum absolute atomic E-state index is 12.5. The second-order valence-corrected chi connectivity index (χ2v) is 7.73. The minimum absolute atomic E-state index is 0.0198. The van der Waals surface area contributed by atoms with Gasteiger partial charge >= 0.3 is 0 Å². The number of hydrogen-bond donors (Lipinski definition) is 1. The van der Waals surface area contributed by atoms with Crippen molar-refractivity contribution in [2.24, 2.45) is 5.92 Å². The maximum atomic E-state index is 12.5. The Morgan fingerprint density at radius 1 is 1.25 bits per heavy atom. The first-order valence-corrected chi connectivity index (χ1v) is 10.3. The van der Waals surface area contributed by atoms with Gasteiger partial charge in [0.15, 0.2) is 6.61 Å². The van der Waals surface area contributed by atoms with Crippen LogP contribution in [0.2, 0.25) is 0 Å². The third-order valence-electron chi connectivity index (χ3n) is 4.82. The van der Waals surface area contributed by atoms with Crippen LogP contribution in [-0.4, -0.2) is 41.4 Å². The molecule has 28 heavy (non-hydrogen) atoms. The SMILES string of the molecule is CCc1ccc(OCC(=O)N2CCCC(C(=O)Nc3ccc(Br)cn3)C2)cc1. The highest BCUT2D eigenvalue weighted by molar-refractivity contribution is 9.10. The Kier molecular flexibility index (Phi) is 7.03. The molecule has 1 aromatic heterocycles. The van der Waals surface area contributed by atoms with E-state index in [1.165, 1.54) is 5.56 Å². The van der Waals surface area contributed by atoms with Crippen LogP contribution in [0.25, 0.3) is 0 Å². The molecule has 2 heterocycles. The Labute approximate surface area is 173 Å². The average Bonchev–Trinajstić information content (AvgIpc) is 2.74. The quantitative estimate of drug-likeness (QED) is 0.735. The van der Waals surface area contributed by atoms with Gasteiger partial charge in [-0.15, -0.1) is 0 Å². The molecule has 1 unspecified atom stereocenters. The van der Waals surface area contributed by atoms with E-state index in [-0.39, 0.29) is 24.3 Å². The summed E-state index contributed by atoms with van der Waals surface area (Å²) in [6.45, 7) is 3.12. The standard InChI is InChI=1S/C21H24BrN3O3/c1-2-15-5-8-18(9-6-15)28-14-20(26)25-11-3-4-16(13-25)21(27)24-19-10-7-17(22)12-23-19/h5-10,12,16H,2-4,11,13-14H2,1H3,(H,23,24,27). The molecule has 1 aliphatic rings. The largest absolute Gasteiger partial charge is 0.484 e. The van der Waals surface area contributed by atoms with Crippen LogP contribution < -0.4 is 10.1 Å². The predicted molar refractivity (Wildman–Crippen MR) is 111 cm³/mol. The van der Waals surface area contributed by atoms with E-state index in [0.717, 1.165) is 23.7 Å². The molecule has 0 radical (unpaired) electrons. The van der Waals surface area contributed by atoms with Crippen molar-refractivity contribution in [2.75, 3.05) is 25.0 Å². The van der Waals surface area contributed by atoms with Crippen LogP contribution in [0.1, 0.15) is 25.3 Å². The molecule has 2 amide bonds. The lowest BCUT2D eigenvalue weighted by molar-refractivity contribution is -0.136. The monoisotopic (exact) mass is 445 g/mol. The maximum Gasteiger partial charge on any atom is 0.260 e. The van der Waals surface area contributed by atoms with E-state index in [4.69, 9.17) is 4.74 Å². The molecule has 0 saturated carbocycles. The summed E-state index contributed by atoms with van der Waals surface area (Å²) in [5.74, 6) is 0.739. The summed E-state index contributed by atoms with van der Waals surface area (Å²) in [5.41, 5.74) is 1.23. The molecular formula is C21H24BrN3O3. The van der Waals surface area contributed by atoms with Crippen LogP contribution in [0.5, 0.6) is 5.75 Å². The molecule has 1 aliphatic heterocycles. The predicted octanol–water partition coefficient (Wildman–Crippen LogP) is 3.66. The second kappa shape index (κ2) is 9.68. The molecule has 0 spiro atoms. The summed E-state index contributed by atoms with van der Waals surface area (Å²) in [6, 6.07) is 11.3. The fourth-order valence-corrected chi connectivity index (χ4v) is 3.39. The first kappa shape index (κ1) is 20.3. The van der Waals surface area contributed by atoms with Gasteiger partial charge in [0, 0.05) is 23.8 Å². The Morgan fingerprint density at radius 2 is 2.04 bits per heavy atom. The summed E-state index contributed by atoms with van der Waals surface area (Å²) >= 11 is 3.32. The molecule has 1 atom stereocenters. The lowest BCUT2D eigenvalue weighted by atomic mass is 9.97. The Balaban J connectivity index is 1.50. The van der Waals surface area contributed by atoms with E-state index in [9.17, 15) is 9.59 Å². The van der Waals surface area contributed by atoms with E-state index < -0.39 is 0 Å². The van der Waals surface area contributed by atoms with Crippen LogP contribution in [0, 0.1) is 5.92 Å². The van der Waals surface area contributed by atoms with Crippen molar-refractivity contribution in [3.05, 3.63) is 52.6 Å². The van der Waals surface area contributed by atoms with E-state index in [1.807, 2.05) is 30.3 Å². The van der Waals surface area contributed by atoms with Crippen LogP contribution in [0.4, 0.5) is 5.82 Å². The lowest BCUT2D eigenvalue weighted by Gasteiger charge is -2.32. The Bertz CT molecular complexity index is 809.